The Balaban J connectivity index is 3.25. The third-order valence-electron chi connectivity index (χ3n) is 1.72. The zero-order chi connectivity index (χ0) is 10.9. The zero-order valence-electron chi connectivity index (χ0n) is 7.61. The number of carbonyl (C=O) groups is 1. The summed E-state index contributed by atoms with van der Waals surface area (Å²) in [5.74, 6) is -0.470. The van der Waals surface area contributed by atoms with Gasteiger partial charge in [0.25, 0.3) is 5.91 Å². The number of aromatic nitrogens is 1. The molecule has 0 bridgehead atoms. The van der Waals surface area contributed by atoms with Gasteiger partial charge in [-0.15, -0.1) is 3.89 Å². The highest BCUT2D eigenvalue weighted by atomic mass is 32.3. The summed E-state index contributed by atoms with van der Waals surface area (Å²) in [6.45, 7) is 0. The number of amides is 1. The Bertz CT molecular complexity index is 463. The molecule has 1 N–H and O–H groups in total. The van der Waals surface area contributed by atoms with Crippen LogP contribution in [0, 0.1) is 0 Å². The number of hydrogen-bond acceptors (Lipinski definition) is 3. The standard InChI is InChI=1S/C7H9FN2O3S/c1-9-7(11)6-3-5(4-10(6)2)14(8,12)13/h3-4H,1-2H3,(H,9,11). The van der Waals surface area contributed by atoms with Crippen LogP contribution >= 0.6 is 0 Å². The topological polar surface area (TPSA) is 68.2 Å². The number of halogens is 1. The normalized spacial score (nSPS) is 11.4. The molecule has 1 heterocycles. The van der Waals surface area contributed by atoms with Crippen LogP contribution in [0.5, 0.6) is 0 Å². The SMILES string of the molecule is CNC(=O)c1cc(S(=O)(=O)F)cn1C. The van der Waals surface area contributed by atoms with E-state index in [4.69, 9.17) is 0 Å². The summed E-state index contributed by atoms with van der Waals surface area (Å²) in [7, 11) is -1.89. The second-order valence-electron chi connectivity index (χ2n) is 2.69. The third-order valence-corrected chi connectivity index (χ3v) is 2.51. The van der Waals surface area contributed by atoms with Crippen LogP contribution in [-0.2, 0) is 17.3 Å². The fourth-order valence-electron chi connectivity index (χ4n) is 1.02. The van der Waals surface area contributed by atoms with Crippen LogP contribution in [0.3, 0.4) is 0 Å². The maximum atomic E-state index is 12.5. The van der Waals surface area contributed by atoms with Gasteiger partial charge in [0.05, 0.1) is 0 Å². The van der Waals surface area contributed by atoms with Crippen molar-refractivity contribution in [2.24, 2.45) is 7.05 Å². The Hall–Kier alpha value is -1.37. The summed E-state index contributed by atoms with van der Waals surface area (Å²) in [5.41, 5.74) is 0.0868. The van der Waals surface area contributed by atoms with E-state index in [1.807, 2.05) is 0 Å². The summed E-state index contributed by atoms with van der Waals surface area (Å²) < 4.78 is 34.7. The number of rotatable bonds is 2. The van der Waals surface area contributed by atoms with Gasteiger partial charge in [0.2, 0.25) is 0 Å². The summed E-state index contributed by atoms with van der Waals surface area (Å²) in [6.07, 6.45) is 1.04. The monoisotopic (exact) mass is 220 g/mol. The lowest BCUT2D eigenvalue weighted by molar-refractivity contribution is 0.0955. The smallest absolute Gasteiger partial charge is 0.333 e. The van der Waals surface area contributed by atoms with Gasteiger partial charge in [-0.05, 0) is 6.07 Å². The average Bonchev–Trinajstić information content (AvgIpc) is 2.45. The molecule has 5 nitrogen and oxygen atoms in total. The Morgan fingerprint density at radius 3 is 2.50 bits per heavy atom. The van der Waals surface area contributed by atoms with Crippen LogP contribution in [0.15, 0.2) is 17.2 Å². The Morgan fingerprint density at radius 2 is 2.14 bits per heavy atom. The van der Waals surface area contributed by atoms with Crippen molar-refractivity contribution in [1.82, 2.24) is 9.88 Å². The summed E-state index contributed by atoms with van der Waals surface area (Å²) in [4.78, 5) is 10.6. The van der Waals surface area contributed by atoms with E-state index in [-0.39, 0.29) is 5.69 Å². The Morgan fingerprint density at radius 1 is 1.57 bits per heavy atom. The first-order valence-electron chi connectivity index (χ1n) is 3.69. The van der Waals surface area contributed by atoms with Gasteiger partial charge < -0.3 is 9.88 Å². The van der Waals surface area contributed by atoms with E-state index >= 15 is 0 Å². The Kier molecular flexibility index (Phi) is 2.61. The number of carbonyl (C=O) groups excluding carboxylic acids is 1. The molecule has 0 atom stereocenters. The molecular formula is C7H9FN2O3S. The molecule has 0 saturated heterocycles. The maximum Gasteiger partial charge on any atom is 0.333 e. The van der Waals surface area contributed by atoms with Gasteiger partial charge in [0.1, 0.15) is 10.6 Å². The lowest BCUT2D eigenvalue weighted by Crippen LogP contribution is -2.20. The molecule has 14 heavy (non-hydrogen) atoms. The van der Waals surface area contributed by atoms with E-state index in [2.05, 4.69) is 5.32 Å². The van der Waals surface area contributed by atoms with Gasteiger partial charge in [0, 0.05) is 20.3 Å². The maximum absolute atomic E-state index is 12.5. The molecule has 0 aliphatic heterocycles. The quantitative estimate of drug-likeness (QED) is 0.716. The molecule has 0 fully saturated rings. The number of aryl methyl sites for hydroxylation is 1. The van der Waals surface area contributed by atoms with Crippen molar-refractivity contribution in [3.8, 4) is 0 Å². The van der Waals surface area contributed by atoms with E-state index < -0.39 is 21.0 Å². The van der Waals surface area contributed by atoms with E-state index in [0.717, 1.165) is 12.3 Å². The minimum Gasteiger partial charge on any atom is -0.354 e. The molecular weight excluding hydrogens is 211 g/mol. The number of nitrogens with one attached hydrogen (secondary N) is 1. The van der Waals surface area contributed by atoms with Gasteiger partial charge in [0.15, 0.2) is 0 Å². The lowest BCUT2D eigenvalue weighted by Gasteiger charge is -1.98. The largest absolute Gasteiger partial charge is 0.354 e. The summed E-state index contributed by atoms with van der Waals surface area (Å²) in [6, 6.07) is 0.980. The van der Waals surface area contributed by atoms with Gasteiger partial charge in [-0.2, -0.15) is 8.42 Å². The minimum absolute atomic E-state index is 0.0868. The van der Waals surface area contributed by atoms with E-state index in [1.54, 1.807) is 0 Å². The fourth-order valence-corrected chi connectivity index (χ4v) is 1.56. The van der Waals surface area contributed by atoms with Crippen molar-refractivity contribution in [3.63, 3.8) is 0 Å². The molecule has 0 radical (unpaired) electrons. The van der Waals surface area contributed by atoms with Crippen molar-refractivity contribution in [1.29, 1.82) is 0 Å². The number of nitrogens with zero attached hydrogens (tertiary/aromatic N) is 1. The van der Waals surface area contributed by atoms with Crippen LogP contribution in [0.2, 0.25) is 0 Å². The van der Waals surface area contributed by atoms with Gasteiger partial charge in [-0.1, -0.05) is 0 Å². The molecule has 0 saturated carbocycles. The summed E-state index contributed by atoms with van der Waals surface area (Å²) >= 11 is 0. The van der Waals surface area contributed by atoms with Crippen LogP contribution < -0.4 is 5.32 Å². The van der Waals surface area contributed by atoms with E-state index in [0.29, 0.717) is 0 Å². The third kappa shape index (κ3) is 1.92. The first-order valence-corrected chi connectivity index (χ1v) is 5.07. The zero-order valence-corrected chi connectivity index (χ0v) is 8.43. The van der Waals surface area contributed by atoms with Crippen LogP contribution in [0.25, 0.3) is 0 Å². The van der Waals surface area contributed by atoms with Gasteiger partial charge in [-0.25, -0.2) is 0 Å². The highest BCUT2D eigenvalue weighted by Crippen LogP contribution is 2.15. The van der Waals surface area contributed by atoms with Crippen LogP contribution in [0.1, 0.15) is 10.5 Å². The molecule has 78 valence electrons. The first-order chi connectivity index (χ1) is 6.36. The molecule has 1 rings (SSSR count). The molecule has 1 amide bonds. The van der Waals surface area contributed by atoms with Crippen molar-refractivity contribution < 1.29 is 17.1 Å². The number of hydrogen-bond donors (Lipinski definition) is 1. The van der Waals surface area contributed by atoms with Crippen molar-refractivity contribution in [3.05, 3.63) is 18.0 Å². The molecule has 0 aliphatic carbocycles. The Labute approximate surface area is 80.7 Å². The van der Waals surface area contributed by atoms with Crippen molar-refractivity contribution in [2.75, 3.05) is 7.05 Å². The van der Waals surface area contributed by atoms with Crippen LogP contribution in [0.4, 0.5) is 3.89 Å². The molecule has 0 unspecified atom stereocenters. The molecule has 0 spiro atoms. The van der Waals surface area contributed by atoms with E-state index in [1.165, 1.54) is 18.7 Å². The van der Waals surface area contributed by atoms with Gasteiger partial charge >= 0.3 is 10.2 Å². The lowest BCUT2D eigenvalue weighted by atomic mass is 10.4. The average molecular weight is 220 g/mol. The highest BCUT2D eigenvalue weighted by Gasteiger charge is 2.18. The predicted octanol–water partition coefficient (Wildman–Crippen LogP) is 0.0429. The molecule has 1 aromatic heterocycles. The predicted molar refractivity (Wildman–Crippen MR) is 47.1 cm³/mol. The molecule has 0 aliphatic rings. The van der Waals surface area contributed by atoms with Crippen LogP contribution in [-0.4, -0.2) is 25.9 Å². The second kappa shape index (κ2) is 3.41. The van der Waals surface area contributed by atoms with E-state index in [9.17, 15) is 17.1 Å². The second-order valence-corrected chi connectivity index (χ2v) is 4.04. The highest BCUT2D eigenvalue weighted by molar-refractivity contribution is 7.86. The minimum atomic E-state index is -4.75. The first kappa shape index (κ1) is 10.7. The van der Waals surface area contributed by atoms with Gasteiger partial charge in [-0.3, -0.25) is 4.79 Å². The van der Waals surface area contributed by atoms with Crippen molar-refractivity contribution >= 4 is 16.1 Å². The summed E-state index contributed by atoms with van der Waals surface area (Å²) in [5, 5.41) is 2.31. The molecule has 7 heteroatoms. The molecule has 0 aromatic carbocycles. The molecule has 1 aromatic rings. The fraction of sp³-hybridized carbons (Fsp3) is 0.286. The van der Waals surface area contributed by atoms with Crippen molar-refractivity contribution in [2.45, 2.75) is 4.90 Å².